The van der Waals surface area contributed by atoms with Gasteiger partial charge in [-0.1, -0.05) is 60.7 Å². The lowest BCUT2D eigenvalue weighted by atomic mass is 10.0. The van der Waals surface area contributed by atoms with Crippen molar-refractivity contribution in [2.45, 2.75) is 20.4 Å². The molecule has 6 nitrogen and oxygen atoms in total. The van der Waals surface area contributed by atoms with E-state index in [1.54, 1.807) is 0 Å². The Bertz CT molecular complexity index is 1530. The van der Waals surface area contributed by atoms with Crippen LogP contribution in [-0.4, -0.2) is 29.0 Å². The Morgan fingerprint density at radius 1 is 0.816 bits per heavy atom. The molecule has 0 aliphatic heterocycles. The number of para-hydroxylation sites is 1. The number of ether oxygens (including phenoxy) is 2. The number of nitrogens with zero attached hydrogens (tertiary/aromatic N) is 1. The van der Waals surface area contributed by atoms with Crippen LogP contribution in [0.2, 0.25) is 0 Å². The van der Waals surface area contributed by atoms with Crippen molar-refractivity contribution in [3.63, 3.8) is 0 Å². The van der Waals surface area contributed by atoms with E-state index < -0.39 is 0 Å². The number of aliphatic imine (C=N–C) groups is 1. The molecule has 0 unspecified atom stereocenters. The number of aromatic hydroxyl groups is 1. The minimum Gasteiger partial charge on any atom is -0.494 e. The molecule has 3 N–H and O–H groups in total. The molecule has 6 heteroatoms. The van der Waals surface area contributed by atoms with Gasteiger partial charge < -0.3 is 24.9 Å². The number of aromatic nitrogens is 1. The Morgan fingerprint density at radius 2 is 1.45 bits per heavy atom. The lowest BCUT2D eigenvalue weighted by Gasteiger charge is -2.12. The first-order chi connectivity index (χ1) is 18.7. The number of rotatable bonds is 10. The maximum Gasteiger partial charge on any atom is 0.199 e. The number of hydrogen-bond acceptors (Lipinski definition) is 5. The van der Waals surface area contributed by atoms with Crippen molar-refractivity contribution in [1.82, 2.24) is 4.98 Å². The van der Waals surface area contributed by atoms with Crippen LogP contribution in [0.5, 0.6) is 17.4 Å². The van der Waals surface area contributed by atoms with Crippen molar-refractivity contribution in [1.29, 1.82) is 0 Å². The summed E-state index contributed by atoms with van der Waals surface area (Å²) in [6.07, 6.45) is 0. The summed E-state index contributed by atoms with van der Waals surface area (Å²) in [5.41, 5.74) is 5.93. The topological polar surface area (TPSA) is 78.9 Å². The van der Waals surface area contributed by atoms with Crippen molar-refractivity contribution >= 4 is 28.0 Å². The molecule has 0 spiro atoms. The van der Waals surface area contributed by atoms with E-state index in [-0.39, 0.29) is 5.88 Å². The average molecular weight is 506 g/mol. The second-order valence-corrected chi connectivity index (χ2v) is 8.77. The fourth-order valence-electron chi connectivity index (χ4n) is 4.40. The summed E-state index contributed by atoms with van der Waals surface area (Å²) in [5.74, 6) is 1.31. The second kappa shape index (κ2) is 11.6. The van der Waals surface area contributed by atoms with Crippen molar-refractivity contribution in [3.8, 4) is 17.4 Å². The third kappa shape index (κ3) is 5.49. The fraction of sp³-hybridized carbons (Fsp3) is 0.156. The predicted molar refractivity (Wildman–Crippen MR) is 154 cm³/mol. The quantitative estimate of drug-likeness (QED) is 0.172. The van der Waals surface area contributed by atoms with Crippen molar-refractivity contribution < 1.29 is 14.6 Å². The maximum absolute atomic E-state index is 11.1. The zero-order chi connectivity index (χ0) is 26.3. The van der Waals surface area contributed by atoms with Crippen molar-refractivity contribution in [2.75, 3.05) is 18.5 Å². The molecule has 5 aromatic rings. The normalized spacial score (nSPS) is 11.5. The number of fused-ring (bicyclic) bond motifs is 1. The Kier molecular flexibility index (Phi) is 7.59. The number of H-pyrrole nitrogens is 1. The van der Waals surface area contributed by atoms with E-state index >= 15 is 0 Å². The molecule has 0 saturated carbocycles. The minimum absolute atomic E-state index is 0.0439. The van der Waals surface area contributed by atoms with Gasteiger partial charge in [-0.25, -0.2) is 4.99 Å². The van der Waals surface area contributed by atoms with Crippen LogP contribution in [0.3, 0.4) is 0 Å². The molecular formula is C32H31N3O3. The van der Waals surface area contributed by atoms with E-state index in [2.05, 4.69) is 22.4 Å². The van der Waals surface area contributed by atoms with E-state index in [1.807, 2.05) is 98.8 Å². The van der Waals surface area contributed by atoms with Gasteiger partial charge in [-0.3, -0.25) is 0 Å². The van der Waals surface area contributed by atoms with Gasteiger partial charge in [0.15, 0.2) is 17.4 Å². The molecule has 0 aliphatic rings. The van der Waals surface area contributed by atoms with Crippen molar-refractivity contribution in [3.05, 3.63) is 114 Å². The molecule has 192 valence electrons. The monoisotopic (exact) mass is 505 g/mol. The van der Waals surface area contributed by atoms with Gasteiger partial charge in [-0.05, 0) is 49.7 Å². The zero-order valence-corrected chi connectivity index (χ0v) is 21.6. The van der Waals surface area contributed by atoms with Crippen LogP contribution in [0.1, 0.15) is 30.5 Å². The van der Waals surface area contributed by atoms with Crippen LogP contribution in [-0.2, 0) is 6.54 Å². The summed E-state index contributed by atoms with van der Waals surface area (Å²) in [5, 5.41) is 15.3. The molecule has 0 radical (unpaired) electrons. The molecule has 0 bridgehead atoms. The number of anilines is 1. The lowest BCUT2D eigenvalue weighted by Crippen LogP contribution is -2.03. The Labute approximate surface area is 222 Å². The van der Waals surface area contributed by atoms with Gasteiger partial charge in [-0.2, -0.15) is 0 Å². The molecule has 1 heterocycles. The van der Waals surface area contributed by atoms with E-state index in [4.69, 9.17) is 14.5 Å². The van der Waals surface area contributed by atoms with Crippen LogP contribution in [0, 0.1) is 0 Å². The third-order valence-electron chi connectivity index (χ3n) is 6.17. The minimum atomic E-state index is 0.0439. The molecule has 0 atom stereocenters. The Balaban J connectivity index is 1.54. The molecule has 5 rings (SSSR count). The highest BCUT2D eigenvalue weighted by molar-refractivity contribution is 6.22. The van der Waals surface area contributed by atoms with E-state index in [9.17, 15) is 5.11 Å². The first-order valence-corrected chi connectivity index (χ1v) is 12.8. The summed E-state index contributed by atoms with van der Waals surface area (Å²) in [6, 6.07) is 31.9. The van der Waals surface area contributed by atoms with E-state index in [0.717, 1.165) is 33.4 Å². The highest BCUT2D eigenvalue weighted by Gasteiger charge is 2.21. The summed E-state index contributed by atoms with van der Waals surface area (Å²) < 4.78 is 11.7. The predicted octanol–water partition coefficient (Wildman–Crippen LogP) is 7.45. The first-order valence-electron chi connectivity index (χ1n) is 12.8. The Morgan fingerprint density at radius 3 is 2.11 bits per heavy atom. The van der Waals surface area contributed by atoms with Crippen LogP contribution in [0.25, 0.3) is 10.9 Å². The van der Waals surface area contributed by atoms with Gasteiger partial charge in [-0.15, -0.1) is 0 Å². The van der Waals surface area contributed by atoms with Crippen LogP contribution >= 0.6 is 0 Å². The maximum atomic E-state index is 11.1. The second-order valence-electron chi connectivity index (χ2n) is 8.77. The standard InChI is InChI=1S/C32H31N3O3/c1-3-37-28-19-26-27(20-29(28)38-4-2)35-32(36)30(26)31(23-11-7-5-8-12-23)34-25-17-15-22(16-18-25)21-33-24-13-9-6-10-14-24/h5-20,33,35-36H,3-4,21H2,1-2H3. The largest absolute Gasteiger partial charge is 0.494 e. The van der Waals surface area contributed by atoms with Gasteiger partial charge >= 0.3 is 0 Å². The van der Waals surface area contributed by atoms with Crippen molar-refractivity contribution in [2.24, 2.45) is 4.99 Å². The fourth-order valence-corrected chi connectivity index (χ4v) is 4.40. The number of nitrogens with one attached hydrogen (secondary N) is 2. The summed E-state index contributed by atoms with van der Waals surface area (Å²) in [7, 11) is 0. The van der Waals surface area contributed by atoms with E-state index in [0.29, 0.717) is 42.5 Å². The number of aromatic amines is 1. The molecule has 0 amide bonds. The molecule has 0 fully saturated rings. The highest BCUT2D eigenvalue weighted by Crippen LogP contribution is 2.38. The molecule has 1 aromatic heterocycles. The van der Waals surface area contributed by atoms with Gasteiger partial charge in [0.1, 0.15) is 0 Å². The van der Waals surface area contributed by atoms with Gasteiger partial charge in [0, 0.05) is 29.2 Å². The highest BCUT2D eigenvalue weighted by atomic mass is 16.5. The van der Waals surface area contributed by atoms with Gasteiger partial charge in [0.2, 0.25) is 0 Å². The first kappa shape index (κ1) is 25.0. The molecule has 4 aromatic carbocycles. The number of hydrogen-bond donors (Lipinski definition) is 3. The van der Waals surface area contributed by atoms with Gasteiger partial charge in [0.05, 0.1) is 35.7 Å². The lowest BCUT2D eigenvalue weighted by molar-refractivity contribution is 0.288. The summed E-state index contributed by atoms with van der Waals surface area (Å²) >= 11 is 0. The van der Waals surface area contributed by atoms with Crippen LogP contribution in [0.15, 0.2) is 102 Å². The summed E-state index contributed by atoms with van der Waals surface area (Å²) in [6.45, 7) is 5.60. The number of benzene rings is 4. The van der Waals surface area contributed by atoms with Crippen LogP contribution < -0.4 is 14.8 Å². The Hall–Kier alpha value is -4.71. The third-order valence-corrected chi connectivity index (χ3v) is 6.17. The smallest absolute Gasteiger partial charge is 0.199 e. The SMILES string of the molecule is CCOc1cc2[nH]c(O)c(C(=Nc3ccc(CNc4ccccc4)cc3)c3ccccc3)c2cc1OCC. The van der Waals surface area contributed by atoms with Gasteiger partial charge in [0.25, 0.3) is 0 Å². The molecular weight excluding hydrogens is 474 g/mol. The molecule has 0 saturated heterocycles. The van der Waals surface area contributed by atoms with E-state index in [1.165, 1.54) is 0 Å². The summed E-state index contributed by atoms with van der Waals surface area (Å²) in [4.78, 5) is 8.12. The molecule has 38 heavy (non-hydrogen) atoms. The average Bonchev–Trinajstić information content (AvgIpc) is 3.27. The zero-order valence-electron chi connectivity index (χ0n) is 21.6. The van der Waals surface area contributed by atoms with Crippen LogP contribution in [0.4, 0.5) is 11.4 Å². The molecule has 0 aliphatic carbocycles.